The van der Waals surface area contributed by atoms with Crippen LogP contribution in [0.5, 0.6) is 11.5 Å². The molecule has 0 saturated heterocycles. The first-order chi connectivity index (χ1) is 11.3. The van der Waals surface area contributed by atoms with E-state index in [4.69, 9.17) is 9.47 Å². The minimum Gasteiger partial charge on any atom is -0.508 e. The van der Waals surface area contributed by atoms with Gasteiger partial charge in [-0.3, -0.25) is 0 Å². The highest BCUT2D eigenvalue weighted by molar-refractivity contribution is 5.92. The number of carbonyl (C=O) groups excluding carboxylic acids is 1. The highest BCUT2D eigenvalue weighted by Gasteiger charge is 2.19. The molecule has 0 heterocycles. The number of aromatic hydroxyl groups is 1. The van der Waals surface area contributed by atoms with Gasteiger partial charge in [0.2, 0.25) is 0 Å². The molecule has 24 heavy (non-hydrogen) atoms. The van der Waals surface area contributed by atoms with Crippen molar-refractivity contribution in [1.82, 2.24) is 4.90 Å². The van der Waals surface area contributed by atoms with E-state index in [2.05, 4.69) is 25.7 Å². The van der Waals surface area contributed by atoms with E-state index >= 15 is 0 Å². The summed E-state index contributed by atoms with van der Waals surface area (Å²) in [6.07, 6.45) is 2.84. The zero-order valence-corrected chi connectivity index (χ0v) is 15.5. The number of esters is 1. The van der Waals surface area contributed by atoms with Crippen LogP contribution in [0.15, 0.2) is 18.2 Å². The van der Waals surface area contributed by atoms with Crippen LogP contribution >= 0.6 is 0 Å². The number of benzene rings is 1. The van der Waals surface area contributed by atoms with Gasteiger partial charge in [-0.1, -0.05) is 27.2 Å². The normalized spacial score (nSPS) is 12.5. The number of rotatable bonds is 10. The van der Waals surface area contributed by atoms with Gasteiger partial charge >= 0.3 is 5.97 Å². The Morgan fingerprint density at radius 2 is 2.00 bits per heavy atom. The standard InChI is InChI=1S/C19H31NO4/c1-6-7-10-23-18-12-16(21)8-9-17(18)19(22)24-13-15(20(4)5)11-14(2)3/h8-9,12,14-15,21H,6-7,10-11,13H2,1-5H3/t15-/m0/s1. The average Bonchev–Trinajstić information content (AvgIpc) is 2.51. The Morgan fingerprint density at radius 3 is 2.58 bits per heavy atom. The molecule has 1 aromatic carbocycles. The van der Waals surface area contributed by atoms with E-state index in [1.54, 1.807) is 6.07 Å². The SMILES string of the molecule is CCCCOc1cc(O)ccc1C(=O)OC[C@H](CC(C)C)N(C)C. The molecule has 0 radical (unpaired) electrons. The van der Waals surface area contributed by atoms with Gasteiger partial charge in [-0.2, -0.15) is 0 Å². The molecular weight excluding hydrogens is 306 g/mol. The van der Waals surface area contributed by atoms with E-state index < -0.39 is 5.97 Å². The lowest BCUT2D eigenvalue weighted by Crippen LogP contribution is -2.34. The highest BCUT2D eigenvalue weighted by atomic mass is 16.5. The molecule has 0 aliphatic heterocycles. The number of hydrogen-bond acceptors (Lipinski definition) is 5. The van der Waals surface area contributed by atoms with Gasteiger partial charge in [0.15, 0.2) is 0 Å². The lowest BCUT2D eigenvalue weighted by molar-refractivity contribution is 0.0375. The minimum atomic E-state index is -0.419. The van der Waals surface area contributed by atoms with Gasteiger partial charge in [0, 0.05) is 12.1 Å². The first-order valence-electron chi connectivity index (χ1n) is 8.64. The maximum Gasteiger partial charge on any atom is 0.341 e. The van der Waals surface area contributed by atoms with Crippen molar-refractivity contribution < 1.29 is 19.4 Å². The molecule has 0 saturated carbocycles. The van der Waals surface area contributed by atoms with E-state index in [1.165, 1.54) is 12.1 Å². The van der Waals surface area contributed by atoms with Gasteiger partial charge in [-0.05, 0) is 45.0 Å². The molecule has 1 atom stereocenters. The van der Waals surface area contributed by atoms with Gasteiger partial charge in [0.1, 0.15) is 23.7 Å². The molecule has 136 valence electrons. The van der Waals surface area contributed by atoms with Gasteiger partial charge < -0.3 is 19.5 Å². The van der Waals surface area contributed by atoms with Gasteiger partial charge in [-0.15, -0.1) is 0 Å². The largest absolute Gasteiger partial charge is 0.508 e. The van der Waals surface area contributed by atoms with E-state index in [9.17, 15) is 9.90 Å². The minimum absolute atomic E-state index is 0.0732. The van der Waals surface area contributed by atoms with Gasteiger partial charge in [-0.25, -0.2) is 4.79 Å². The number of hydrogen-bond donors (Lipinski definition) is 1. The fraction of sp³-hybridized carbons (Fsp3) is 0.632. The number of ether oxygens (including phenoxy) is 2. The van der Waals surface area contributed by atoms with Crippen molar-refractivity contribution in [3.05, 3.63) is 23.8 Å². The summed E-state index contributed by atoms with van der Waals surface area (Å²) in [5, 5.41) is 9.63. The van der Waals surface area contributed by atoms with Crippen LogP contribution in [-0.4, -0.2) is 49.3 Å². The Bertz CT molecular complexity index is 514. The molecule has 1 N–H and O–H groups in total. The van der Waals surface area contributed by atoms with Crippen molar-refractivity contribution in [2.75, 3.05) is 27.3 Å². The quantitative estimate of drug-likeness (QED) is 0.521. The summed E-state index contributed by atoms with van der Waals surface area (Å²) in [6, 6.07) is 4.66. The van der Waals surface area contributed by atoms with Crippen LogP contribution in [0.3, 0.4) is 0 Å². The van der Waals surface area contributed by atoms with Crippen molar-refractivity contribution in [3.63, 3.8) is 0 Å². The molecule has 0 fully saturated rings. The topological polar surface area (TPSA) is 59.0 Å². The monoisotopic (exact) mass is 337 g/mol. The maximum absolute atomic E-state index is 12.4. The summed E-state index contributed by atoms with van der Waals surface area (Å²) >= 11 is 0. The van der Waals surface area contributed by atoms with Crippen LogP contribution in [0.25, 0.3) is 0 Å². The van der Waals surface area contributed by atoms with Crippen LogP contribution in [0, 0.1) is 5.92 Å². The number of likely N-dealkylation sites (N-methyl/N-ethyl adjacent to an activating group) is 1. The predicted molar refractivity (Wildman–Crippen MR) is 95.7 cm³/mol. The smallest absolute Gasteiger partial charge is 0.341 e. The van der Waals surface area contributed by atoms with Crippen LogP contribution in [-0.2, 0) is 4.74 Å². The molecule has 1 aromatic rings. The fourth-order valence-corrected chi connectivity index (χ4v) is 2.35. The summed E-state index contributed by atoms with van der Waals surface area (Å²) in [5.74, 6) is 0.553. The molecule has 0 bridgehead atoms. The van der Waals surface area contributed by atoms with Crippen LogP contribution in [0.2, 0.25) is 0 Å². The van der Waals surface area contributed by atoms with Gasteiger partial charge in [0.25, 0.3) is 0 Å². The summed E-state index contributed by atoms with van der Waals surface area (Å²) in [5.41, 5.74) is 0.353. The second-order valence-corrected chi connectivity index (χ2v) is 6.73. The Hall–Kier alpha value is -1.75. The van der Waals surface area contributed by atoms with Crippen molar-refractivity contribution in [2.24, 2.45) is 5.92 Å². The average molecular weight is 337 g/mol. The number of phenolic OH excluding ortho intramolecular Hbond substituents is 1. The van der Waals surface area contributed by atoms with E-state index in [-0.39, 0.29) is 11.8 Å². The fourth-order valence-electron chi connectivity index (χ4n) is 2.35. The van der Waals surface area contributed by atoms with E-state index in [0.29, 0.717) is 30.4 Å². The van der Waals surface area contributed by atoms with E-state index in [1.807, 2.05) is 14.1 Å². The summed E-state index contributed by atoms with van der Waals surface area (Å²) in [4.78, 5) is 14.5. The second-order valence-electron chi connectivity index (χ2n) is 6.73. The zero-order valence-electron chi connectivity index (χ0n) is 15.5. The Morgan fingerprint density at radius 1 is 1.29 bits per heavy atom. The summed E-state index contributed by atoms with van der Waals surface area (Å²) in [6.45, 7) is 7.21. The maximum atomic E-state index is 12.4. The number of nitrogens with zero attached hydrogens (tertiary/aromatic N) is 1. The third kappa shape index (κ3) is 6.79. The summed E-state index contributed by atoms with van der Waals surface area (Å²) < 4.78 is 11.1. The van der Waals surface area contributed by atoms with Crippen LogP contribution < -0.4 is 4.74 Å². The molecular formula is C19H31NO4. The number of unbranched alkanes of at least 4 members (excludes halogenated alkanes) is 1. The lowest BCUT2D eigenvalue weighted by Gasteiger charge is -2.25. The summed E-state index contributed by atoms with van der Waals surface area (Å²) in [7, 11) is 3.97. The lowest BCUT2D eigenvalue weighted by atomic mass is 10.0. The Labute approximate surface area is 145 Å². The highest BCUT2D eigenvalue weighted by Crippen LogP contribution is 2.25. The van der Waals surface area contributed by atoms with Crippen LogP contribution in [0.4, 0.5) is 0 Å². The zero-order chi connectivity index (χ0) is 18.1. The Balaban J connectivity index is 2.75. The molecule has 0 aromatic heterocycles. The second kappa shape index (κ2) is 10.2. The molecule has 0 aliphatic carbocycles. The molecule has 0 spiro atoms. The number of phenols is 1. The molecule has 0 aliphatic rings. The van der Waals surface area contributed by atoms with Gasteiger partial charge in [0.05, 0.1) is 6.61 Å². The van der Waals surface area contributed by atoms with Crippen molar-refractivity contribution in [2.45, 2.75) is 46.1 Å². The molecule has 5 nitrogen and oxygen atoms in total. The molecule has 0 amide bonds. The predicted octanol–water partition coefficient (Wildman–Crippen LogP) is 3.70. The first-order valence-corrected chi connectivity index (χ1v) is 8.64. The molecule has 5 heteroatoms. The molecule has 0 unspecified atom stereocenters. The van der Waals surface area contributed by atoms with Crippen LogP contribution in [0.1, 0.15) is 50.4 Å². The Kier molecular flexibility index (Phi) is 8.61. The molecule has 1 rings (SSSR count). The van der Waals surface area contributed by atoms with Crippen molar-refractivity contribution >= 4 is 5.97 Å². The van der Waals surface area contributed by atoms with Crippen molar-refractivity contribution in [3.8, 4) is 11.5 Å². The third-order valence-corrected chi connectivity index (χ3v) is 3.82. The number of carbonyl (C=O) groups is 1. The van der Waals surface area contributed by atoms with E-state index in [0.717, 1.165) is 19.3 Å². The third-order valence-electron chi connectivity index (χ3n) is 3.82. The first kappa shape index (κ1) is 20.3. The van der Waals surface area contributed by atoms with Crippen molar-refractivity contribution in [1.29, 1.82) is 0 Å².